The number of nitrogens with two attached hydrogens (primary N) is 1. The van der Waals surface area contributed by atoms with Crippen LogP contribution < -0.4 is 11.1 Å². The molecule has 2 fully saturated rings. The Morgan fingerprint density at radius 3 is 2.65 bits per heavy atom. The summed E-state index contributed by atoms with van der Waals surface area (Å²) in [6.45, 7) is 3.91. The molecule has 2 saturated carbocycles. The number of nitrogens with one attached hydrogen (secondary N) is 1. The Morgan fingerprint density at radius 2 is 1.95 bits per heavy atom. The standard InChI is InChI=1S/C16H31N3O/c1-12-7-8-13(17)11-15(12)16(20)18-9-10-19(2)14-5-3-4-6-14/h12-15H,3-11,17H2,1-2H3,(H,18,20). The van der Waals surface area contributed by atoms with Crippen LogP contribution in [0.25, 0.3) is 0 Å². The number of carbonyl (C=O) groups is 1. The minimum Gasteiger partial charge on any atom is -0.355 e. The van der Waals surface area contributed by atoms with Crippen molar-refractivity contribution in [2.24, 2.45) is 17.6 Å². The van der Waals surface area contributed by atoms with E-state index in [1.54, 1.807) is 0 Å². The first-order valence-electron chi connectivity index (χ1n) is 8.31. The third kappa shape index (κ3) is 4.19. The second-order valence-electron chi connectivity index (χ2n) is 6.87. The van der Waals surface area contributed by atoms with Crippen molar-refractivity contribution in [1.82, 2.24) is 10.2 Å². The van der Waals surface area contributed by atoms with Gasteiger partial charge in [0.1, 0.15) is 0 Å². The highest BCUT2D eigenvalue weighted by molar-refractivity contribution is 5.79. The lowest BCUT2D eigenvalue weighted by Gasteiger charge is -2.32. The Hall–Kier alpha value is -0.610. The maximum atomic E-state index is 12.3. The molecular formula is C16H31N3O. The smallest absolute Gasteiger partial charge is 0.223 e. The van der Waals surface area contributed by atoms with Crippen molar-refractivity contribution in [2.75, 3.05) is 20.1 Å². The summed E-state index contributed by atoms with van der Waals surface area (Å²) in [5, 5.41) is 3.12. The summed E-state index contributed by atoms with van der Waals surface area (Å²) in [5.74, 6) is 0.811. The van der Waals surface area contributed by atoms with Gasteiger partial charge in [-0.15, -0.1) is 0 Å². The topological polar surface area (TPSA) is 58.4 Å². The van der Waals surface area contributed by atoms with Gasteiger partial charge in [-0.05, 0) is 45.1 Å². The average Bonchev–Trinajstić information content (AvgIpc) is 2.95. The predicted molar refractivity (Wildman–Crippen MR) is 82.4 cm³/mol. The second-order valence-corrected chi connectivity index (χ2v) is 6.87. The maximum Gasteiger partial charge on any atom is 0.223 e. The van der Waals surface area contributed by atoms with Crippen molar-refractivity contribution in [3.63, 3.8) is 0 Å². The van der Waals surface area contributed by atoms with Crippen LogP contribution >= 0.6 is 0 Å². The van der Waals surface area contributed by atoms with E-state index in [4.69, 9.17) is 5.73 Å². The molecule has 3 N–H and O–H groups in total. The first kappa shape index (κ1) is 15.8. The summed E-state index contributed by atoms with van der Waals surface area (Å²) in [6, 6.07) is 0.942. The van der Waals surface area contributed by atoms with E-state index >= 15 is 0 Å². The minimum absolute atomic E-state index is 0.121. The SMILES string of the molecule is CC1CCC(N)CC1C(=O)NCCN(C)C1CCCC1. The molecule has 2 aliphatic carbocycles. The number of rotatable bonds is 5. The number of hydrogen-bond donors (Lipinski definition) is 2. The molecule has 4 heteroatoms. The molecule has 0 aromatic rings. The zero-order valence-electron chi connectivity index (χ0n) is 13.1. The Kier molecular flexibility index (Phi) is 5.85. The third-order valence-corrected chi connectivity index (χ3v) is 5.28. The highest BCUT2D eigenvalue weighted by Gasteiger charge is 2.31. The van der Waals surface area contributed by atoms with Crippen molar-refractivity contribution in [3.05, 3.63) is 0 Å². The molecule has 20 heavy (non-hydrogen) atoms. The predicted octanol–water partition coefficient (Wildman–Crippen LogP) is 1.74. The lowest BCUT2D eigenvalue weighted by molar-refractivity contribution is -0.127. The number of carbonyl (C=O) groups excluding carboxylic acids is 1. The van der Waals surface area contributed by atoms with Crippen molar-refractivity contribution >= 4 is 5.91 Å². The second kappa shape index (κ2) is 7.41. The Balaban J connectivity index is 1.68. The highest BCUT2D eigenvalue weighted by atomic mass is 16.1. The van der Waals surface area contributed by atoms with Gasteiger partial charge in [-0.25, -0.2) is 0 Å². The van der Waals surface area contributed by atoms with Crippen molar-refractivity contribution < 1.29 is 4.79 Å². The molecular weight excluding hydrogens is 250 g/mol. The number of nitrogens with zero attached hydrogens (tertiary/aromatic N) is 1. The first-order chi connectivity index (χ1) is 9.58. The summed E-state index contributed by atoms with van der Waals surface area (Å²) in [5.41, 5.74) is 6.00. The van der Waals surface area contributed by atoms with Crippen molar-refractivity contribution in [1.29, 1.82) is 0 Å². The Bertz CT molecular complexity index is 315. The Labute approximate surface area is 123 Å². The number of amides is 1. The van der Waals surface area contributed by atoms with E-state index in [0.29, 0.717) is 5.92 Å². The molecule has 0 radical (unpaired) electrons. The summed E-state index contributed by atoms with van der Waals surface area (Å²) >= 11 is 0. The molecule has 116 valence electrons. The molecule has 0 spiro atoms. The molecule has 0 aliphatic heterocycles. The normalized spacial score (nSPS) is 31.7. The van der Waals surface area contributed by atoms with Crippen molar-refractivity contribution in [3.8, 4) is 0 Å². The van der Waals surface area contributed by atoms with Gasteiger partial charge >= 0.3 is 0 Å². The van der Waals surface area contributed by atoms with Crippen LogP contribution in [0.1, 0.15) is 51.9 Å². The fourth-order valence-corrected chi connectivity index (χ4v) is 3.73. The lowest BCUT2D eigenvalue weighted by Crippen LogP contribution is -2.44. The van der Waals surface area contributed by atoms with Gasteiger partial charge < -0.3 is 16.0 Å². The first-order valence-corrected chi connectivity index (χ1v) is 8.31. The van der Waals surface area contributed by atoms with E-state index in [9.17, 15) is 4.79 Å². The molecule has 2 aliphatic rings. The maximum absolute atomic E-state index is 12.3. The molecule has 0 bridgehead atoms. The largest absolute Gasteiger partial charge is 0.355 e. The molecule has 0 aromatic heterocycles. The van der Waals surface area contributed by atoms with Gasteiger partial charge in [0.25, 0.3) is 0 Å². The molecule has 1 amide bonds. The van der Waals surface area contributed by atoms with Crippen LogP contribution in [0.3, 0.4) is 0 Å². The monoisotopic (exact) mass is 281 g/mol. The number of hydrogen-bond acceptors (Lipinski definition) is 3. The average molecular weight is 281 g/mol. The van der Waals surface area contributed by atoms with E-state index in [0.717, 1.165) is 38.4 Å². The van der Waals surface area contributed by atoms with Gasteiger partial charge in [-0.2, -0.15) is 0 Å². The van der Waals surface area contributed by atoms with Gasteiger partial charge in [-0.1, -0.05) is 19.8 Å². The highest BCUT2D eigenvalue weighted by Crippen LogP contribution is 2.29. The van der Waals surface area contributed by atoms with Crippen LogP contribution in [0.15, 0.2) is 0 Å². The van der Waals surface area contributed by atoms with E-state index in [2.05, 4.69) is 24.2 Å². The fourth-order valence-electron chi connectivity index (χ4n) is 3.73. The van der Waals surface area contributed by atoms with Crippen LogP contribution in [0, 0.1) is 11.8 Å². The van der Waals surface area contributed by atoms with Gasteiger partial charge in [0.05, 0.1) is 0 Å². The van der Waals surface area contributed by atoms with Gasteiger partial charge in [-0.3, -0.25) is 4.79 Å². The number of likely N-dealkylation sites (N-methyl/N-ethyl adjacent to an activating group) is 1. The van der Waals surface area contributed by atoms with E-state index in [1.165, 1.54) is 25.7 Å². The molecule has 3 atom stereocenters. The summed E-state index contributed by atoms with van der Waals surface area (Å²) in [6.07, 6.45) is 8.36. The zero-order valence-corrected chi connectivity index (χ0v) is 13.1. The van der Waals surface area contributed by atoms with Crippen LogP contribution in [0.4, 0.5) is 0 Å². The van der Waals surface area contributed by atoms with Crippen LogP contribution in [0.5, 0.6) is 0 Å². The van der Waals surface area contributed by atoms with Gasteiger partial charge in [0.15, 0.2) is 0 Å². The van der Waals surface area contributed by atoms with Crippen LogP contribution in [-0.2, 0) is 4.79 Å². The van der Waals surface area contributed by atoms with E-state index in [-0.39, 0.29) is 17.9 Å². The summed E-state index contributed by atoms with van der Waals surface area (Å²) < 4.78 is 0. The molecule has 0 heterocycles. The van der Waals surface area contributed by atoms with Crippen molar-refractivity contribution in [2.45, 2.75) is 64.0 Å². The molecule has 3 unspecified atom stereocenters. The van der Waals surface area contributed by atoms with Crippen LogP contribution in [-0.4, -0.2) is 43.0 Å². The zero-order chi connectivity index (χ0) is 14.5. The van der Waals surface area contributed by atoms with E-state index < -0.39 is 0 Å². The summed E-state index contributed by atoms with van der Waals surface area (Å²) in [7, 11) is 2.18. The van der Waals surface area contributed by atoms with Gasteiger partial charge in [0, 0.05) is 31.1 Å². The lowest BCUT2D eigenvalue weighted by atomic mass is 9.78. The fraction of sp³-hybridized carbons (Fsp3) is 0.938. The summed E-state index contributed by atoms with van der Waals surface area (Å²) in [4.78, 5) is 14.7. The molecule has 0 saturated heterocycles. The minimum atomic E-state index is 0.121. The third-order valence-electron chi connectivity index (χ3n) is 5.28. The molecule has 0 aromatic carbocycles. The molecule has 2 rings (SSSR count). The Morgan fingerprint density at radius 1 is 1.25 bits per heavy atom. The van der Waals surface area contributed by atoms with E-state index in [1.807, 2.05) is 0 Å². The quantitative estimate of drug-likeness (QED) is 0.807. The van der Waals surface area contributed by atoms with Crippen LogP contribution in [0.2, 0.25) is 0 Å². The van der Waals surface area contributed by atoms with Gasteiger partial charge in [0.2, 0.25) is 5.91 Å². The molecule has 4 nitrogen and oxygen atoms in total.